The summed E-state index contributed by atoms with van der Waals surface area (Å²) in [6.07, 6.45) is 0.899. The molecule has 0 spiro atoms. The van der Waals surface area contributed by atoms with E-state index in [-0.39, 0.29) is 5.91 Å². The Morgan fingerprint density at radius 2 is 2.04 bits per heavy atom. The molecule has 2 aromatic carbocycles. The lowest BCUT2D eigenvalue weighted by Crippen LogP contribution is -2.25. The van der Waals surface area contributed by atoms with Crippen molar-refractivity contribution in [2.24, 2.45) is 0 Å². The topological polar surface area (TPSA) is 42.4 Å². The molecule has 0 saturated heterocycles. The van der Waals surface area contributed by atoms with E-state index in [4.69, 9.17) is 9.72 Å². The molecule has 4 rings (SSSR count). The van der Waals surface area contributed by atoms with Crippen molar-refractivity contribution in [2.75, 3.05) is 11.4 Å². The van der Waals surface area contributed by atoms with E-state index in [1.807, 2.05) is 41.3 Å². The Hall–Kier alpha value is -2.66. The smallest absolute Gasteiger partial charge is 0.223 e. The highest BCUT2D eigenvalue weighted by atomic mass is 32.1. The van der Waals surface area contributed by atoms with Crippen LogP contribution in [0.15, 0.2) is 48.5 Å². The van der Waals surface area contributed by atoms with Crippen LogP contribution in [0.25, 0.3) is 11.3 Å². The van der Waals surface area contributed by atoms with Crippen LogP contribution in [0, 0.1) is 6.92 Å². The predicted octanol–water partition coefficient (Wildman–Crippen LogP) is 4.61. The number of fused-ring (bicyclic) bond motifs is 1. The molecule has 0 radical (unpaired) electrons. The quantitative estimate of drug-likeness (QED) is 0.679. The minimum atomic E-state index is 0.0988. The third-order valence-electron chi connectivity index (χ3n) is 4.57. The molecule has 0 unspecified atom stereocenters. The number of hydrogen-bond donors (Lipinski definition) is 0. The molecular formula is C21H20N2O2S. The molecule has 1 aliphatic rings. The Labute approximate surface area is 157 Å². The van der Waals surface area contributed by atoms with Gasteiger partial charge in [-0.2, -0.15) is 0 Å². The zero-order valence-electron chi connectivity index (χ0n) is 14.9. The summed E-state index contributed by atoms with van der Waals surface area (Å²) < 4.78 is 5.81. The number of anilines is 1. The van der Waals surface area contributed by atoms with Crippen LogP contribution in [0.4, 0.5) is 5.69 Å². The first-order valence-corrected chi connectivity index (χ1v) is 9.49. The van der Waals surface area contributed by atoms with Gasteiger partial charge in [0.1, 0.15) is 17.4 Å². The fourth-order valence-corrected chi connectivity index (χ4v) is 4.19. The maximum absolute atomic E-state index is 11.7. The van der Waals surface area contributed by atoms with E-state index in [2.05, 4.69) is 19.1 Å². The van der Waals surface area contributed by atoms with Gasteiger partial charge in [-0.15, -0.1) is 11.3 Å². The molecule has 0 aliphatic carbocycles. The predicted molar refractivity (Wildman–Crippen MR) is 105 cm³/mol. The summed E-state index contributed by atoms with van der Waals surface area (Å²) in [6.45, 7) is 4.94. The molecule has 0 fully saturated rings. The van der Waals surface area contributed by atoms with E-state index in [1.54, 1.807) is 18.3 Å². The summed E-state index contributed by atoms with van der Waals surface area (Å²) in [5, 5.41) is 0.965. The van der Waals surface area contributed by atoms with Crippen molar-refractivity contribution in [2.45, 2.75) is 26.9 Å². The SMILES string of the molecule is CC(=O)N1CCc2cc(-c3nc(COc4ccccc4)sc3C)ccc21. The van der Waals surface area contributed by atoms with E-state index in [0.29, 0.717) is 6.61 Å². The standard InChI is InChI=1S/C21H20N2O2S/c1-14-21(22-20(26-14)13-25-18-6-4-3-5-7-18)17-8-9-19-16(12-17)10-11-23(19)15(2)24/h3-9,12H,10-11,13H2,1-2H3. The van der Waals surface area contributed by atoms with E-state index in [1.165, 1.54) is 10.4 Å². The van der Waals surface area contributed by atoms with Crippen LogP contribution in [0.1, 0.15) is 22.4 Å². The number of benzene rings is 2. The van der Waals surface area contributed by atoms with Crippen molar-refractivity contribution in [3.8, 4) is 17.0 Å². The second kappa shape index (κ2) is 6.92. The average molecular weight is 364 g/mol. The lowest BCUT2D eigenvalue weighted by Gasteiger charge is -2.14. The highest BCUT2D eigenvalue weighted by molar-refractivity contribution is 7.12. The summed E-state index contributed by atoms with van der Waals surface area (Å²) in [6, 6.07) is 16.1. The van der Waals surface area contributed by atoms with Crippen LogP contribution in [0.3, 0.4) is 0 Å². The number of carbonyl (C=O) groups is 1. The normalized spacial score (nSPS) is 12.9. The van der Waals surface area contributed by atoms with Crippen molar-refractivity contribution in [1.82, 2.24) is 4.98 Å². The zero-order chi connectivity index (χ0) is 18.1. The number of hydrogen-bond acceptors (Lipinski definition) is 4. The van der Waals surface area contributed by atoms with Crippen molar-refractivity contribution in [1.29, 1.82) is 0 Å². The van der Waals surface area contributed by atoms with Gasteiger partial charge in [-0.25, -0.2) is 4.98 Å². The minimum absolute atomic E-state index is 0.0988. The molecule has 1 amide bonds. The van der Waals surface area contributed by atoms with E-state index < -0.39 is 0 Å². The van der Waals surface area contributed by atoms with Crippen molar-refractivity contribution in [3.63, 3.8) is 0 Å². The molecular weight excluding hydrogens is 344 g/mol. The number of amides is 1. The monoisotopic (exact) mass is 364 g/mol. The van der Waals surface area contributed by atoms with Gasteiger partial charge in [0.2, 0.25) is 5.91 Å². The van der Waals surface area contributed by atoms with Gasteiger partial charge < -0.3 is 9.64 Å². The molecule has 132 valence electrons. The molecule has 0 bridgehead atoms. The average Bonchev–Trinajstić information content (AvgIpc) is 3.23. The highest BCUT2D eigenvalue weighted by Gasteiger charge is 2.23. The summed E-state index contributed by atoms with van der Waals surface area (Å²) in [5.41, 5.74) is 4.36. The number of carbonyl (C=O) groups excluding carboxylic acids is 1. The summed E-state index contributed by atoms with van der Waals surface area (Å²) in [7, 11) is 0. The fourth-order valence-electron chi connectivity index (χ4n) is 3.32. The summed E-state index contributed by atoms with van der Waals surface area (Å²) in [4.78, 5) is 19.5. The lowest BCUT2D eigenvalue weighted by atomic mass is 10.1. The van der Waals surface area contributed by atoms with Gasteiger partial charge in [-0.05, 0) is 43.2 Å². The van der Waals surface area contributed by atoms with Gasteiger partial charge in [-0.1, -0.05) is 24.3 Å². The van der Waals surface area contributed by atoms with Crippen molar-refractivity contribution >= 4 is 22.9 Å². The number of nitrogens with zero attached hydrogens (tertiary/aromatic N) is 2. The third kappa shape index (κ3) is 3.22. The Morgan fingerprint density at radius 1 is 1.23 bits per heavy atom. The van der Waals surface area contributed by atoms with Gasteiger partial charge in [0.15, 0.2) is 0 Å². The number of ether oxygens (including phenoxy) is 1. The maximum Gasteiger partial charge on any atom is 0.223 e. The van der Waals surface area contributed by atoms with Crippen LogP contribution in [0.2, 0.25) is 0 Å². The second-order valence-electron chi connectivity index (χ2n) is 6.38. The Kier molecular flexibility index (Phi) is 4.47. The molecule has 4 nitrogen and oxygen atoms in total. The Morgan fingerprint density at radius 3 is 2.81 bits per heavy atom. The largest absolute Gasteiger partial charge is 0.486 e. The van der Waals surface area contributed by atoms with Gasteiger partial charge in [0, 0.05) is 29.6 Å². The first-order chi connectivity index (χ1) is 12.6. The molecule has 3 aromatic rings. The molecule has 1 aliphatic heterocycles. The molecule has 5 heteroatoms. The molecule has 0 saturated carbocycles. The fraction of sp³-hybridized carbons (Fsp3) is 0.238. The number of aryl methyl sites for hydroxylation is 1. The van der Waals surface area contributed by atoms with Gasteiger partial charge in [0.25, 0.3) is 0 Å². The van der Waals surface area contributed by atoms with Crippen LogP contribution in [-0.2, 0) is 17.8 Å². The van der Waals surface area contributed by atoms with E-state index in [0.717, 1.165) is 40.7 Å². The third-order valence-corrected chi connectivity index (χ3v) is 5.52. The maximum atomic E-state index is 11.7. The van der Waals surface area contributed by atoms with Gasteiger partial charge in [0.05, 0.1) is 5.69 Å². The number of thiazole rings is 1. The van der Waals surface area contributed by atoms with Crippen LogP contribution >= 0.6 is 11.3 Å². The Bertz CT molecular complexity index is 950. The minimum Gasteiger partial charge on any atom is -0.486 e. The lowest BCUT2D eigenvalue weighted by molar-refractivity contribution is -0.116. The van der Waals surface area contributed by atoms with Crippen LogP contribution in [-0.4, -0.2) is 17.4 Å². The van der Waals surface area contributed by atoms with Crippen LogP contribution in [0.5, 0.6) is 5.75 Å². The number of para-hydroxylation sites is 1. The molecule has 2 heterocycles. The number of rotatable bonds is 4. The first-order valence-electron chi connectivity index (χ1n) is 8.67. The van der Waals surface area contributed by atoms with Gasteiger partial charge >= 0.3 is 0 Å². The molecule has 26 heavy (non-hydrogen) atoms. The van der Waals surface area contributed by atoms with Crippen molar-refractivity contribution < 1.29 is 9.53 Å². The zero-order valence-corrected chi connectivity index (χ0v) is 15.7. The first kappa shape index (κ1) is 16.8. The van der Waals surface area contributed by atoms with Crippen LogP contribution < -0.4 is 9.64 Å². The van der Waals surface area contributed by atoms with Crippen molar-refractivity contribution in [3.05, 3.63) is 64.0 Å². The number of aromatic nitrogens is 1. The van der Waals surface area contributed by atoms with E-state index in [9.17, 15) is 4.79 Å². The highest BCUT2D eigenvalue weighted by Crippen LogP contribution is 2.34. The van der Waals surface area contributed by atoms with Gasteiger partial charge in [-0.3, -0.25) is 4.79 Å². The molecule has 0 atom stereocenters. The summed E-state index contributed by atoms with van der Waals surface area (Å²) >= 11 is 1.67. The summed E-state index contributed by atoms with van der Waals surface area (Å²) in [5.74, 6) is 0.949. The Balaban J connectivity index is 1.55. The van der Waals surface area contributed by atoms with E-state index >= 15 is 0 Å². The molecule has 1 aromatic heterocycles. The second-order valence-corrected chi connectivity index (χ2v) is 7.67. The molecule has 0 N–H and O–H groups in total.